The van der Waals surface area contributed by atoms with Crippen molar-refractivity contribution in [1.82, 2.24) is 14.9 Å². The molecule has 17 heavy (non-hydrogen) atoms. The zero-order valence-electron chi connectivity index (χ0n) is 10.9. The van der Waals surface area contributed by atoms with E-state index in [1.165, 1.54) is 23.6 Å². The molecule has 1 unspecified atom stereocenters. The van der Waals surface area contributed by atoms with Crippen molar-refractivity contribution >= 4 is 17.7 Å². The fourth-order valence-corrected chi connectivity index (χ4v) is 3.45. The molecule has 0 amide bonds. The maximum absolute atomic E-state index is 4.41. The molecular weight excluding hydrogens is 232 g/mol. The van der Waals surface area contributed by atoms with Gasteiger partial charge in [-0.3, -0.25) is 0 Å². The number of nitrogens with one attached hydrogen (secondary N) is 1. The lowest BCUT2D eigenvalue weighted by Crippen LogP contribution is -2.23. The minimum Gasteiger partial charge on any atom is -0.348 e. The molecule has 1 aliphatic rings. The first kappa shape index (κ1) is 12.8. The van der Waals surface area contributed by atoms with Gasteiger partial charge in [0.05, 0.1) is 11.9 Å². The van der Waals surface area contributed by atoms with Crippen LogP contribution < -0.4 is 10.2 Å². The van der Waals surface area contributed by atoms with Crippen molar-refractivity contribution in [1.29, 1.82) is 0 Å². The van der Waals surface area contributed by atoms with Gasteiger partial charge in [0.25, 0.3) is 0 Å². The van der Waals surface area contributed by atoms with E-state index in [2.05, 4.69) is 33.7 Å². The van der Waals surface area contributed by atoms with Crippen LogP contribution in [0.1, 0.15) is 12.1 Å². The lowest BCUT2D eigenvalue weighted by molar-refractivity contribution is 0.516. The molecule has 2 rings (SSSR count). The van der Waals surface area contributed by atoms with E-state index in [1.54, 1.807) is 0 Å². The van der Waals surface area contributed by atoms with Gasteiger partial charge < -0.3 is 14.8 Å². The van der Waals surface area contributed by atoms with Crippen LogP contribution in [0.3, 0.4) is 0 Å². The van der Waals surface area contributed by atoms with Crippen LogP contribution in [0, 0.1) is 5.92 Å². The van der Waals surface area contributed by atoms with Crippen molar-refractivity contribution in [3.63, 3.8) is 0 Å². The number of hydrogen-bond acceptors (Lipinski definition) is 4. The largest absolute Gasteiger partial charge is 0.348 e. The highest BCUT2D eigenvalue weighted by Gasteiger charge is 2.15. The molecule has 0 saturated carbocycles. The normalized spacial score (nSPS) is 19.8. The predicted molar refractivity (Wildman–Crippen MR) is 74.7 cm³/mol. The molecule has 0 spiro atoms. The van der Waals surface area contributed by atoms with E-state index < -0.39 is 0 Å². The van der Waals surface area contributed by atoms with Crippen LogP contribution in [0.4, 0.5) is 5.95 Å². The Balaban J connectivity index is 1.82. The quantitative estimate of drug-likeness (QED) is 0.859. The average Bonchev–Trinajstić information content (AvgIpc) is 2.89. The topological polar surface area (TPSA) is 33.1 Å². The summed E-state index contributed by atoms with van der Waals surface area (Å²) in [4.78, 5) is 6.45. The molecule has 1 atom stereocenters. The van der Waals surface area contributed by atoms with Crippen LogP contribution in [0.2, 0.25) is 0 Å². The molecule has 1 fully saturated rings. The zero-order chi connectivity index (χ0) is 12.3. The van der Waals surface area contributed by atoms with E-state index >= 15 is 0 Å². The molecular formula is C12H22N4S. The molecule has 1 aromatic rings. The SMILES string of the molecule is CN(C)c1ncc(CNCC2CCSC2)n1C. The van der Waals surface area contributed by atoms with Crippen molar-refractivity contribution in [3.05, 3.63) is 11.9 Å². The Bertz CT molecular complexity index is 355. The summed E-state index contributed by atoms with van der Waals surface area (Å²) in [6, 6.07) is 0. The van der Waals surface area contributed by atoms with Gasteiger partial charge in [-0.05, 0) is 30.4 Å². The Hall–Kier alpha value is -0.680. The molecule has 96 valence electrons. The van der Waals surface area contributed by atoms with E-state index in [-0.39, 0.29) is 0 Å². The predicted octanol–water partition coefficient (Wildman–Crippen LogP) is 1.33. The second kappa shape index (κ2) is 5.78. The molecule has 1 saturated heterocycles. The first-order valence-electron chi connectivity index (χ1n) is 6.15. The third-order valence-electron chi connectivity index (χ3n) is 3.22. The van der Waals surface area contributed by atoms with Crippen LogP contribution in [-0.4, -0.2) is 41.7 Å². The van der Waals surface area contributed by atoms with Gasteiger partial charge in [-0.2, -0.15) is 11.8 Å². The van der Waals surface area contributed by atoms with Crippen molar-refractivity contribution in [3.8, 4) is 0 Å². The Morgan fingerprint density at radius 3 is 3.00 bits per heavy atom. The van der Waals surface area contributed by atoms with Crippen LogP contribution in [0.25, 0.3) is 0 Å². The van der Waals surface area contributed by atoms with Gasteiger partial charge in [0.15, 0.2) is 0 Å². The molecule has 0 aromatic carbocycles. The maximum atomic E-state index is 4.41. The van der Waals surface area contributed by atoms with Gasteiger partial charge in [-0.15, -0.1) is 0 Å². The highest BCUT2D eigenvalue weighted by Crippen LogP contribution is 2.22. The number of imidazole rings is 1. The summed E-state index contributed by atoms with van der Waals surface area (Å²) in [5.41, 5.74) is 1.25. The standard InChI is InChI=1S/C12H22N4S/c1-15(2)12-14-8-11(16(12)3)7-13-6-10-4-5-17-9-10/h8,10,13H,4-7,9H2,1-3H3. The van der Waals surface area contributed by atoms with Gasteiger partial charge in [0.2, 0.25) is 5.95 Å². The molecule has 1 N–H and O–H groups in total. The number of aromatic nitrogens is 2. The van der Waals surface area contributed by atoms with Crippen LogP contribution >= 0.6 is 11.8 Å². The molecule has 0 aliphatic carbocycles. The number of nitrogens with zero attached hydrogens (tertiary/aromatic N) is 3. The minimum absolute atomic E-state index is 0.863. The summed E-state index contributed by atoms with van der Waals surface area (Å²) < 4.78 is 2.15. The lowest BCUT2D eigenvalue weighted by atomic mass is 10.1. The Kier molecular flexibility index (Phi) is 4.34. The van der Waals surface area contributed by atoms with E-state index in [0.717, 1.165) is 25.0 Å². The highest BCUT2D eigenvalue weighted by molar-refractivity contribution is 7.99. The minimum atomic E-state index is 0.863. The summed E-state index contributed by atoms with van der Waals surface area (Å²) >= 11 is 2.08. The number of hydrogen-bond donors (Lipinski definition) is 1. The van der Waals surface area contributed by atoms with Gasteiger partial charge in [-0.1, -0.05) is 0 Å². The summed E-state index contributed by atoms with van der Waals surface area (Å²) in [7, 11) is 6.12. The molecule has 0 radical (unpaired) electrons. The smallest absolute Gasteiger partial charge is 0.204 e. The molecule has 5 heteroatoms. The van der Waals surface area contributed by atoms with Crippen LogP contribution in [-0.2, 0) is 13.6 Å². The van der Waals surface area contributed by atoms with Gasteiger partial charge in [-0.25, -0.2) is 4.98 Å². The van der Waals surface area contributed by atoms with Crippen molar-refractivity contribution in [2.75, 3.05) is 37.0 Å². The summed E-state index contributed by atoms with van der Waals surface area (Å²) in [5, 5.41) is 3.54. The summed E-state index contributed by atoms with van der Waals surface area (Å²) in [6.45, 7) is 2.05. The highest BCUT2D eigenvalue weighted by atomic mass is 32.2. The van der Waals surface area contributed by atoms with Gasteiger partial charge >= 0.3 is 0 Å². The molecule has 4 nitrogen and oxygen atoms in total. The molecule has 0 bridgehead atoms. The molecule has 1 aromatic heterocycles. The zero-order valence-corrected chi connectivity index (χ0v) is 11.8. The summed E-state index contributed by atoms with van der Waals surface area (Å²) in [5.74, 6) is 4.53. The second-order valence-electron chi connectivity index (χ2n) is 4.86. The Morgan fingerprint density at radius 2 is 2.41 bits per heavy atom. The third-order valence-corrected chi connectivity index (χ3v) is 4.45. The van der Waals surface area contributed by atoms with E-state index in [0.29, 0.717) is 0 Å². The number of thioether (sulfide) groups is 1. The fourth-order valence-electron chi connectivity index (χ4n) is 2.16. The van der Waals surface area contributed by atoms with E-state index in [4.69, 9.17) is 0 Å². The van der Waals surface area contributed by atoms with E-state index in [1.807, 2.05) is 25.2 Å². The number of rotatable bonds is 5. The number of anilines is 1. The molecule has 1 aliphatic heterocycles. The average molecular weight is 254 g/mol. The van der Waals surface area contributed by atoms with Gasteiger partial charge in [0, 0.05) is 27.7 Å². The third kappa shape index (κ3) is 3.16. The Labute approximate surface area is 108 Å². The van der Waals surface area contributed by atoms with Crippen molar-refractivity contribution in [2.45, 2.75) is 13.0 Å². The first-order chi connectivity index (χ1) is 8.18. The van der Waals surface area contributed by atoms with E-state index in [9.17, 15) is 0 Å². The summed E-state index contributed by atoms with van der Waals surface area (Å²) in [6.07, 6.45) is 3.33. The fraction of sp³-hybridized carbons (Fsp3) is 0.750. The lowest BCUT2D eigenvalue weighted by Gasteiger charge is -2.13. The van der Waals surface area contributed by atoms with Gasteiger partial charge in [0.1, 0.15) is 0 Å². The van der Waals surface area contributed by atoms with Crippen molar-refractivity contribution in [2.24, 2.45) is 13.0 Å². The maximum Gasteiger partial charge on any atom is 0.204 e. The van der Waals surface area contributed by atoms with Crippen LogP contribution in [0.15, 0.2) is 6.20 Å². The molecule has 2 heterocycles. The van der Waals surface area contributed by atoms with Crippen LogP contribution in [0.5, 0.6) is 0 Å². The second-order valence-corrected chi connectivity index (χ2v) is 6.01. The monoisotopic (exact) mass is 254 g/mol. The first-order valence-corrected chi connectivity index (χ1v) is 7.30. The Morgan fingerprint density at radius 1 is 1.59 bits per heavy atom. The van der Waals surface area contributed by atoms with Crippen molar-refractivity contribution < 1.29 is 0 Å².